The summed E-state index contributed by atoms with van der Waals surface area (Å²) in [5.41, 5.74) is 0.582. The molecule has 0 bridgehead atoms. The largest absolute Gasteiger partial charge is 0.478 e. The van der Waals surface area contributed by atoms with Gasteiger partial charge in [0.25, 0.3) is 0 Å². The molecule has 1 aromatic carbocycles. The number of anilines is 1. The molecule has 0 heterocycles. The Morgan fingerprint density at radius 2 is 2.08 bits per heavy atom. The Morgan fingerprint density at radius 1 is 1.42 bits per heavy atom. The summed E-state index contributed by atoms with van der Waals surface area (Å²) in [6.07, 6.45) is 0. The van der Waals surface area contributed by atoms with Crippen LogP contribution in [0, 0.1) is 0 Å². The van der Waals surface area contributed by atoms with Gasteiger partial charge in [0.1, 0.15) is 6.73 Å². The van der Waals surface area contributed by atoms with E-state index < -0.39 is 5.97 Å². The molecular weight excluding hydrogens is 158 g/mol. The third-order valence-electron chi connectivity index (χ3n) is 1.43. The summed E-state index contributed by atoms with van der Waals surface area (Å²) in [5, 5.41) is 19.7. The van der Waals surface area contributed by atoms with E-state index in [0.717, 1.165) is 0 Å². The van der Waals surface area contributed by atoms with Crippen molar-refractivity contribution in [1.29, 1.82) is 0 Å². The normalized spacial score (nSPS) is 9.42. The predicted octanol–water partition coefficient (Wildman–Crippen LogP) is 0.746. The Hall–Kier alpha value is -1.55. The molecule has 1 rings (SSSR count). The number of aliphatic hydroxyl groups is 1. The summed E-state index contributed by atoms with van der Waals surface area (Å²) in [4.78, 5) is 10.6. The van der Waals surface area contributed by atoms with E-state index in [1.54, 1.807) is 18.2 Å². The van der Waals surface area contributed by atoms with Crippen LogP contribution < -0.4 is 5.32 Å². The molecule has 0 saturated heterocycles. The summed E-state index contributed by atoms with van der Waals surface area (Å²) in [6.45, 7) is -0.274. The molecule has 0 aliphatic carbocycles. The number of carboxylic acid groups (broad SMARTS) is 1. The first-order valence-corrected chi connectivity index (χ1v) is 3.42. The molecule has 0 aromatic heterocycles. The van der Waals surface area contributed by atoms with Crippen LogP contribution in [0.5, 0.6) is 0 Å². The standard InChI is InChI=1S/C8H9NO3/c10-5-9-7-4-2-1-3-6(7)8(11)12/h1-4,9-10H,5H2,(H,11,12). The zero-order chi connectivity index (χ0) is 8.97. The van der Waals surface area contributed by atoms with Gasteiger partial charge >= 0.3 is 5.97 Å². The van der Waals surface area contributed by atoms with E-state index >= 15 is 0 Å². The fraction of sp³-hybridized carbons (Fsp3) is 0.125. The number of hydrogen-bond acceptors (Lipinski definition) is 3. The summed E-state index contributed by atoms with van der Waals surface area (Å²) >= 11 is 0. The van der Waals surface area contributed by atoms with Gasteiger partial charge in [-0.2, -0.15) is 0 Å². The minimum Gasteiger partial charge on any atom is -0.478 e. The van der Waals surface area contributed by atoms with E-state index in [2.05, 4.69) is 5.32 Å². The molecule has 3 N–H and O–H groups in total. The predicted molar refractivity (Wildman–Crippen MR) is 44.1 cm³/mol. The molecule has 4 nitrogen and oxygen atoms in total. The highest BCUT2D eigenvalue weighted by Gasteiger charge is 2.06. The van der Waals surface area contributed by atoms with Gasteiger partial charge in [0.05, 0.1) is 11.3 Å². The number of carboxylic acids is 1. The van der Waals surface area contributed by atoms with Crippen molar-refractivity contribution < 1.29 is 15.0 Å². The van der Waals surface area contributed by atoms with Crippen molar-refractivity contribution in [2.45, 2.75) is 0 Å². The lowest BCUT2D eigenvalue weighted by molar-refractivity contribution is 0.0698. The lowest BCUT2D eigenvalue weighted by atomic mass is 10.2. The van der Waals surface area contributed by atoms with Gasteiger partial charge in [-0.3, -0.25) is 0 Å². The van der Waals surface area contributed by atoms with E-state index in [1.807, 2.05) is 0 Å². The number of hydrogen-bond donors (Lipinski definition) is 3. The smallest absolute Gasteiger partial charge is 0.337 e. The lowest BCUT2D eigenvalue weighted by Crippen LogP contribution is -2.06. The number of aromatic carboxylic acids is 1. The molecule has 12 heavy (non-hydrogen) atoms. The highest BCUT2D eigenvalue weighted by molar-refractivity contribution is 5.94. The lowest BCUT2D eigenvalue weighted by Gasteiger charge is -2.05. The Bertz CT molecular complexity index is 285. The van der Waals surface area contributed by atoms with Crippen LogP contribution >= 0.6 is 0 Å². The zero-order valence-electron chi connectivity index (χ0n) is 6.32. The van der Waals surface area contributed by atoms with E-state index in [4.69, 9.17) is 10.2 Å². The third kappa shape index (κ3) is 1.73. The minimum atomic E-state index is -1.01. The van der Waals surface area contributed by atoms with Crippen molar-refractivity contribution in [1.82, 2.24) is 0 Å². The van der Waals surface area contributed by atoms with Gasteiger partial charge in [0.15, 0.2) is 0 Å². The Kier molecular flexibility index (Phi) is 2.66. The molecule has 0 amide bonds. The molecule has 0 aliphatic heterocycles. The van der Waals surface area contributed by atoms with E-state index in [0.29, 0.717) is 5.69 Å². The molecule has 0 unspecified atom stereocenters. The van der Waals surface area contributed by atoms with E-state index in [-0.39, 0.29) is 12.3 Å². The molecule has 0 saturated carbocycles. The van der Waals surface area contributed by atoms with Crippen LogP contribution in [0.4, 0.5) is 5.69 Å². The number of rotatable bonds is 3. The maximum atomic E-state index is 10.6. The first-order chi connectivity index (χ1) is 5.75. The van der Waals surface area contributed by atoms with Gasteiger partial charge < -0.3 is 15.5 Å². The van der Waals surface area contributed by atoms with Crippen LogP contribution in [0.1, 0.15) is 10.4 Å². The van der Waals surface area contributed by atoms with Crippen molar-refractivity contribution in [2.75, 3.05) is 12.0 Å². The molecule has 4 heteroatoms. The average molecular weight is 167 g/mol. The Labute approximate surface area is 69.5 Å². The second-order valence-corrected chi connectivity index (χ2v) is 2.19. The maximum Gasteiger partial charge on any atom is 0.337 e. The van der Waals surface area contributed by atoms with Crippen molar-refractivity contribution in [3.63, 3.8) is 0 Å². The number of nitrogens with one attached hydrogen (secondary N) is 1. The summed E-state index contributed by atoms with van der Waals surface area (Å²) in [6, 6.07) is 6.40. The monoisotopic (exact) mass is 167 g/mol. The molecular formula is C8H9NO3. The first kappa shape index (κ1) is 8.55. The number of carbonyl (C=O) groups is 1. The molecule has 1 aromatic rings. The van der Waals surface area contributed by atoms with Crippen LogP contribution in [-0.4, -0.2) is 22.9 Å². The van der Waals surface area contributed by atoms with Crippen molar-refractivity contribution >= 4 is 11.7 Å². The second-order valence-electron chi connectivity index (χ2n) is 2.19. The van der Waals surface area contributed by atoms with Gasteiger partial charge in [-0.25, -0.2) is 4.79 Å². The van der Waals surface area contributed by atoms with Gasteiger partial charge in [-0.1, -0.05) is 12.1 Å². The van der Waals surface area contributed by atoms with Gasteiger partial charge in [-0.15, -0.1) is 0 Å². The number of para-hydroxylation sites is 1. The van der Waals surface area contributed by atoms with Crippen LogP contribution in [-0.2, 0) is 0 Å². The molecule has 0 spiro atoms. The molecule has 0 fully saturated rings. The maximum absolute atomic E-state index is 10.6. The third-order valence-corrected chi connectivity index (χ3v) is 1.43. The van der Waals surface area contributed by atoms with E-state index in [9.17, 15) is 4.79 Å². The molecule has 0 aliphatic rings. The summed E-state index contributed by atoms with van der Waals surface area (Å²) in [7, 11) is 0. The molecule has 64 valence electrons. The average Bonchev–Trinajstić information content (AvgIpc) is 2.05. The van der Waals surface area contributed by atoms with E-state index in [1.165, 1.54) is 6.07 Å². The molecule has 0 radical (unpaired) electrons. The molecule has 0 atom stereocenters. The zero-order valence-corrected chi connectivity index (χ0v) is 6.32. The van der Waals surface area contributed by atoms with Gasteiger partial charge in [0, 0.05) is 0 Å². The first-order valence-electron chi connectivity index (χ1n) is 3.42. The second kappa shape index (κ2) is 3.73. The quantitative estimate of drug-likeness (QED) is 0.581. The van der Waals surface area contributed by atoms with Gasteiger partial charge in [0.2, 0.25) is 0 Å². The van der Waals surface area contributed by atoms with Crippen molar-refractivity contribution in [2.24, 2.45) is 0 Å². The topological polar surface area (TPSA) is 69.6 Å². The number of benzene rings is 1. The summed E-state index contributed by atoms with van der Waals surface area (Å²) < 4.78 is 0. The highest BCUT2D eigenvalue weighted by Crippen LogP contribution is 2.13. The van der Waals surface area contributed by atoms with Crippen molar-refractivity contribution in [3.05, 3.63) is 29.8 Å². The highest BCUT2D eigenvalue weighted by atomic mass is 16.4. The van der Waals surface area contributed by atoms with Crippen LogP contribution in [0.3, 0.4) is 0 Å². The Morgan fingerprint density at radius 3 is 2.67 bits per heavy atom. The van der Waals surface area contributed by atoms with Crippen molar-refractivity contribution in [3.8, 4) is 0 Å². The van der Waals surface area contributed by atoms with Crippen LogP contribution in [0.25, 0.3) is 0 Å². The van der Waals surface area contributed by atoms with Crippen LogP contribution in [0.15, 0.2) is 24.3 Å². The Balaban J connectivity index is 3.00. The fourth-order valence-corrected chi connectivity index (χ4v) is 0.909. The minimum absolute atomic E-state index is 0.159. The summed E-state index contributed by atoms with van der Waals surface area (Å²) in [5.74, 6) is -1.01. The van der Waals surface area contributed by atoms with Gasteiger partial charge in [-0.05, 0) is 12.1 Å². The fourth-order valence-electron chi connectivity index (χ4n) is 0.909. The SMILES string of the molecule is O=C(O)c1ccccc1NCO. The number of aliphatic hydroxyl groups excluding tert-OH is 1. The van der Waals surface area contributed by atoms with Crippen LogP contribution in [0.2, 0.25) is 0 Å².